The van der Waals surface area contributed by atoms with E-state index in [9.17, 15) is 26.4 Å². The summed E-state index contributed by atoms with van der Waals surface area (Å²) in [6.07, 6.45) is -4.67. The molecule has 0 fully saturated rings. The Labute approximate surface area is 188 Å². The fraction of sp³-hybridized carbons (Fsp3) is 0.227. The molecule has 1 aromatic heterocycles. The van der Waals surface area contributed by atoms with Crippen molar-refractivity contribution < 1.29 is 30.6 Å². The molecule has 0 bridgehead atoms. The van der Waals surface area contributed by atoms with Crippen LogP contribution in [0.3, 0.4) is 0 Å². The minimum Gasteiger partial charge on any atom is -0.379 e. The van der Waals surface area contributed by atoms with E-state index < -0.39 is 26.8 Å². The minimum absolute atomic E-state index is 0.0492. The Hall–Kier alpha value is -2.85. The molecule has 0 radical (unpaired) electrons. The molecule has 0 aliphatic carbocycles. The van der Waals surface area contributed by atoms with E-state index in [-0.39, 0.29) is 17.7 Å². The van der Waals surface area contributed by atoms with Crippen molar-refractivity contribution in [1.29, 1.82) is 0 Å². The molecule has 3 rings (SSSR count). The van der Waals surface area contributed by atoms with Gasteiger partial charge in [-0.1, -0.05) is 24.3 Å². The number of hydrogen-bond donors (Lipinski definition) is 0. The van der Waals surface area contributed by atoms with Crippen molar-refractivity contribution in [3.8, 4) is 5.75 Å². The first-order valence-electron chi connectivity index (χ1n) is 9.52. The molecule has 0 saturated carbocycles. The molecule has 0 saturated heterocycles. The summed E-state index contributed by atoms with van der Waals surface area (Å²) >= 11 is 1.35. The van der Waals surface area contributed by atoms with E-state index in [0.29, 0.717) is 17.5 Å². The molecular formula is C22H20F3NO4S2. The zero-order valence-electron chi connectivity index (χ0n) is 17.2. The Balaban J connectivity index is 1.75. The lowest BCUT2D eigenvalue weighted by molar-refractivity contribution is -0.137. The van der Waals surface area contributed by atoms with Crippen LogP contribution in [-0.4, -0.2) is 25.3 Å². The van der Waals surface area contributed by atoms with Gasteiger partial charge in [-0.15, -0.1) is 11.3 Å². The summed E-state index contributed by atoms with van der Waals surface area (Å²) in [7, 11) is -4.45. The third-order valence-corrected chi connectivity index (χ3v) is 6.65. The van der Waals surface area contributed by atoms with Crippen LogP contribution < -0.4 is 4.18 Å². The van der Waals surface area contributed by atoms with Crippen molar-refractivity contribution in [1.82, 2.24) is 4.90 Å². The summed E-state index contributed by atoms with van der Waals surface area (Å²) in [5.74, 6) is -0.158. The Morgan fingerprint density at radius 2 is 1.75 bits per heavy atom. The molecular weight excluding hydrogens is 463 g/mol. The maximum Gasteiger partial charge on any atom is 0.416 e. The van der Waals surface area contributed by atoms with E-state index in [0.717, 1.165) is 23.8 Å². The van der Waals surface area contributed by atoms with Gasteiger partial charge in [-0.2, -0.15) is 21.6 Å². The molecule has 3 aromatic rings. The number of nitrogens with zero attached hydrogens (tertiary/aromatic N) is 1. The Bertz CT molecular complexity index is 1170. The third kappa shape index (κ3) is 5.68. The van der Waals surface area contributed by atoms with Crippen molar-refractivity contribution in [2.75, 3.05) is 0 Å². The lowest BCUT2D eigenvalue weighted by atomic mass is 10.1. The van der Waals surface area contributed by atoms with E-state index >= 15 is 0 Å². The van der Waals surface area contributed by atoms with Crippen LogP contribution >= 0.6 is 11.3 Å². The monoisotopic (exact) mass is 483 g/mol. The van der Waals surface area contributed by atoms with Crippen LogP contribution in [0.25, 0.3) is 0 Å². The zero-order valence-corrected chi connectivity index (χ0v) is 18.8. The molecule has 32 heavy (non-hydrogen) atoms. The van der Waals surface area contributed by atoms with E-state index in [1.165, 1.54) is 23.5 Å². The van der Waals surface area contributed by atoms with Gasteiger partial charge >= 0.3 is 16.3 Å². The molecule has 0 N–H and O–H groups in total. The first-order valence-corrected chi connectivity index (χ1v) is 11.8. The second-order valence-corrected chi connectivity index (χ2v) is 9.71. The lowest BCUT2D eigenvalue weighted by Gasteiger charge is -2.26. The zero-order chi connectivity index (χ0) is 23.5. The molecule has 5 nitrogen and oxygen atoms in total. The Kier molecular flexibility index (Phi) is 6.94. The molecule has 0 atom stereocenters. The smallest absolute Gasteiger partial charge is 0.379 e. The molecule has 2 aromatic carbocycles. The van der Waals surface area contributed by atoms with Crippen LogP contribution in [0, 0.1) is 0 Å². The number of carbonyl (C=O) groups excluding carboxylic acids is 1. The molecule has 0 unspecified atom stereocenters. The van der Waals surface area contributed by atoms with Gasteiger partial charge in [0.25, 0.3) is 5.91 Å². The summed E-state index contributed by atoms with van der Waals surface area (Å²) < 4.78 is 68.4. The number of benzene rings is 2. The standard InChI is InChI=1S/C22H20F3NO4S2/c1-15(2)26(21(27)20-7-4-12-31-20)14-16-8-10-18(11-9-16)30-32(28,29)19-6-3-5-17(13-19)22(23,24)25/h3-13,15H,14H2,1-2H3. The predicted molar refractivity (Wildman–Crippen MR) is 115 cm³/mol. The number of rotatable bonds is 7. The third-order valence-electron chi connectivity index (χ3n) is 4.55. The van der Waals surface area contributed by atoms with Gasteiger partial charge < -0.3 is 9.08 Å². The van der Waals surface area contributed by atoms with Crippen LogP contribution in [0.1, 0.15) is 34.6 Å². The van der Waals surface area contributed by atoms with E-state index in [4.69, 9.17) is 4.18 Å². The summed E-state index contributed by atoms with van der Waals surface area (Å²) in [5, 5.41) is 1.82. The van der Waals surface area contributed by atoms with Crippen LogP contribution in [0.2, 0.25) is 0 Å². The predicted octanol–water partition coefficient (Wildman–Crippen LogP) is 5.59. The summed E-state index contributed by atoms with van der Waals surface area (Å²) in [5.41, 5.74) is -0.339. The summed E-state index contributed by atoms with van der Waals surface area (Å²) in [6, 6.07) is 12.8. The van der Waals surface area contributed by atoms with Gasteiger partial charge in [0.15, 0.2) is 0 Å². The molecule has 0 spiro atoms. The first kappa shape index (κ1) is 23.8. The van der Waals surface area contributed by atoms with E-state index in [1.807, 2.05) is 19.2 Å². The van der Waals surface area contributed by atoms with Crippen molar-refractivity contribution in [3.63, 3.8) is 0 Å². The quantitative estimate of drug-likeness (QED) is 0.411. The fourth-order valence-corrected chi connectivity index (χ4v) is 4.54. The minimum atomic E-state index is -4.67. The highest BCUT2D eigenvalue weighted by atomic mass is 32.2. The fourth-order valence-electron chi connectivity index (χ4n) is 2.88. The number of hydrogen-bond acceptors (Lipinski definition) is 5. The lowest BCUT2D eigenvalue weighted by Crippen LogP contribution is -2.35. The maximum absolute atomic E-state index is 12.9. The molecule has 1 amide bonds. The average Bonchev–Trinajstić information content (AvgIpc) is 3.27. The maximum atomic E-state index is 12.9. The van der Waals surface area contributed by atoms with Crippen molar-refractivity contribution in [2.45, 2.75) is 37.5 Å². The Morgan fingerprint density at radius 1 is 1.06 bits per heavy atom. The summed E-state index contributed by atoms with van der Waals surface area (Å²) in [4.78, 5) is 14.4. The van der Waals surface area contributed by atoms with Crippen LogP contribution in [-0.2, 0) is 22.8 Å². The second kappa shape index (κ2) is 9.33. The van der Waals surface area contributed by atoms with Gasteiger partial charge in [0.05, 0.1) is 10.4 Å². The van der Waals surface area contributed by atoms with Crippen molar-refractivity contribution >= 4 is 27.4 Å². The van der Waals surface area contributed by atoms with Gasteiger partial charge in [-0.25, -0.2) is 0 Å². The van der Waals surface area contributed by atoms with Gasteiger partial charge in [-0.3, -0.25) is 4.79 Å². The first-order chi connectivity index (χ1) is 15.0. The molecule has 1 heterocycles. The highest BCUT2D eigenvalue weighted by Crippen LogP contribution is 2.31. The number of amides is 1. The van der Waals surface area contributed by atoms with Gasteiger partial charge in [0.1, 0.15) is 10.6 Å². The molecule has 0 aliphatic heterocycles. The highest BCUT2D eigenvalue weighted by molar-refractivity contribution is 7.87. The van der Waals surface area contributed by atoms with Gasteiger partial charge in [0, 0.05) is 12.6 Å². The van der Waals surface area contributed by atoms with E-state index in [2.05, 4.69) is 0 Å². The van der Waals surface area contributed by atoms with Crippen LogP contribution in [0.4, 0.5) is 13.2 Å². The topological polar surface area (TPSA) is 63.7 Å². The molecule has 10 heteroatoms. The summed E-state index contributed by atoms with van der Waals surface area (Å²) in [6.45, 7) is 4.09. The second-order valence-electron chi connectivity index (χ2n) is 7.21. The van der Waals surface area contributed by atoms with E-state index in [1.54, 1.807) is 29.2 Å². The number of thiophene rings is 1. The van der Waals surface area contributed by atoms with Gasteiger partial charge in [-0.05, 0) is 61.2 Å². The van der Waals surface area contributed by atoms with Crippen LogP contribution in [0.15, 0.2) is 70.9 Å². The Morgan fingerprint density at radius 3 is 2.31 bits per heavy atom. The van der Waals surface area contributed by atoms with Crippen LogP contribution in [0.5, 0.6) is 5.75 Å². The van der Waals surface area contributed by atoms with Gasteiger partial charge in [0.2, 0.25) is 0 Å². The normalized spacial score (nSPS) is 12.1. The molecule has 0 aliphatic rings. The number of alkyl halides is 3. The molecule has 170 valence electrons. The SMILES string of the molecule is CC(C)N(Cc1ccc(OS(=O)(=O)c2cccc(C(F)(F)F)c2)cc1)C(=O)c1cccs1. The van der Waals surface area contributed by atoms with Crippen molar-refractivity contribution in [2.24, 2.45) is 0 Å². The number of carbonyl (C=O) groups is 1. The van der Waals surface area contributed by atoms with Crippen molar-refractivity contribution in [3.05, 3.63) is 82.0 Å². The highest BCUT2D eigenvalue weighted by Gasteiger charge is 2.32. The largest absolute Gasteiger partial charge is 0.416 e. The number of halogens is 3. The average molecular weight is 484 g/mol.